The summed E-state index contributed by atoms with van der Waals surface area (Å²) in [5, 5.41) is 4.69. The van der Waals surface area contributed by atoms with E-state index in [4.69, 9.17) is 23.2 Å². The molecule has 0 aliphatic rings. The van der Waals surface area contributed by atoms with Gasteiger partial charge in [0.2, 0.25) is 0 Å². The fraction of sp³-hybridized carbons (Fsp3) is 0.294. The average Bonchev–Trinajstić information content (AvgIpc) is 2.48. The number of hydrogen-bond acceptors (Lipinski definition) is 1. The summed E-state index contributed by atoms with van der Waals surface area (Å²) in [6.45, 7) is 2.20. The van der Waals surface area contributed by atoms with Crippen molar-refractivity contribution in [1.82, 2.24) is 0 Å². The molecular formula is C17H19Cl2N. The molecule has 1 nitrogen and oxygen atoms in total. The summed E-state index contributed by atoms with van der Waals surface area (Å²) in [5.74, 6) is 0. The Balaban J connectivity index is 2.21. The smallest absolute Gasteiger partial charge is 0.0823 e. The van der Waals surface area contributed by atoms with Gasteiger partial charge in [0.25, 0.3) is 0 Å². The van der Waals surface area contributed by atoms with Gasteiger partial charge in [0.05, 0.1) is 21.8 Å². The molecule has 1 unspecified atom stereocenters. The number of nitrogens with one attached hydrogen (secondary N) is 1. The molecule has 0 bridgehead atoms. The molecule has 2 rings (SSSR count). The predicted molar refractivity (Wildman–Crippen MR) is 88.8 cm³/mol. The van der Waals surface area contributed by atoms with Crippen LogP contribution >= 0.6 is 23.2 Å². The first-order valence-electron chi connectivity index (χ1n) is 6.98. The van der Waals surface area contributed by atoms with Crippen LogP contribution in [0.3, 0.4) is 0 Å². The van der Waals surface area contributed by atoms with Crippen molar-refractivity contribution in [3.05, 3.63) is 64.1 Å². The summed E-state index contributed by atoms with van der Waals surface area (Å²) in [6.07, 6.45) is 3.42. The maximum atomic E-state index is 6.26. The van der Waals surface area contributed by atoms with Crippen molar-refractivity contribution in [2.45, 2.75) is 32.2 Å². The Kier molecular flexibility index (Phi) is 5.75. The first-order valence-corrected chi connectivity index (χ1v) is 7.73. The van der Waals surface area contributed by atoms with Crippen LogP contribution in [0.15, 0.2) is 48.5 Å². The average molecular weight is 308 g/mol. The Hall–Kier alpha value is -1.18. The Morgan fingerprint density at radius 3 is 2.45 bits per heavy atom. The van der Waals surface area contributed by atoms with E-state index in [0.717, 1.165) is 12.1 Å². The van der Waals surface area contributed by atoms with E-state index in [-0.39, 0.29) is 6.04 Å². The first-order chi connectivity index (χ1) is 9.72. The molecule has 1 atom stereocenters. The van der Waals surface area contributed by atoms with Crippen molar-refractivity contribution in [3.63, 3.8) is 0 Å². The quantitative estimate of drug-likeness (QED) is 0.657. The van der Waals surface area contributed by atoms with Crippen LogP contribution in [-0.4, -0.2) is 0 Å². The van der Waals surface area contributed by atoms with Crippen molar-refractivity contribution in [1.29, 1.82) is 0 Å². The van der Waals surface area contributed by atoms with Crippen molar-refractivity contribution in [2.75, 3.05) is 5.32 Å². The fourth-order valence-electron chi connectivity index (χ4n) is 2.22. The van der Waals surface area contributed by atoms with Gasteiger partial charge in [-0.15, -0.1) is 0 Å². The highest BCUT2D eigenvalue weighted by Gasteiger charge is 2.13. The summed E-state index contributed by atoms with van der Waals surface area (Å²) < 4.78 is 0. The third-order valence-electron chi connectivity index (χ3n) is 3.33. The molecule has 0 radical (unpaired) electrons. The maximum absolute atomic E-state index is 6.26. The van der Waals surface area contributed by atoms with E-state index in [0.29, 0.717) is 10.0 Å². The third-order valence-corrected chi connectivity index (χ3v) is 4.15. The van der Waals surface area contributed by atoms with Crippen LogP contribution in [0, 0.1) is 0 Å². The largest absolute Gasteiger partial charge is 0.377 e. The molecule has 0 aromatic heterocycles. The minimum absolute atomic E-state index is 0.257. The first kappa shape index (κ1) is 15.2. The highest BCUT2D eigenvalue weighted by atomic mass is 35.5. The lowest BCUT2D eigenvalue weighted by Gasteiger charge is -2.21. The molecule has 2 aromatic rings. The van der Waals surface area contributed by atoms with Crippen molar-refractivity contribution < 1.29 is 0 Å². The highest BCUT2D eigenvalue weighted by Crippen LogP contribution is 2.33. The minimum Gasteiger partial charge on any atom is -0.377 e. The van der Waals surface area contributed by atoms with Gasteiger partial charge in [-0.2, -0.15) is 0 Å². The summed E-state index contributed by atoms with van der Waals surface area (Å²) >= 11 is 12.3. The number of hydrogen-bond donors (Lipinski definition) is 1. The van der Waals surface area contributed by atoms with Crippen LogP contribution in [0.2, 0.25) is 10.0 Å². The Morgan fingerprint density at radius 2 is 1.75 bits per heavy atom. The number of unbranched alkanes of at least 4 members (excludes halogenated alkanes) is 1. The molecule has 0 spiro atoms. The molecule has 0 fully saturated rings. The van der Waals surface area contributed by atoms with Crippen LogP contribution in [0.1, 0.15) is 37.8 Å². The number of rotatable bonds is 6. The summed E-state index contributed by atoms with van der Waals surface area (Å²) in [6, 6.07) is 16.4. The van der Waals surface area contributed by atoms with Gasteiger partial charge in [-0.3, -0.25) is 0 Å². The molecule has 20 heavy (non-hydrogen) atoms. The normalized spacial score (nSPS) is 12.2. The maximum Gasteiger partial charge on any atom is 0.0823 e. The van der Waals surface area contributed by atoms with Crippen molar-refractivity contribution in [3.8, 4) is 0 Å². The van der Waals surface area contributed by atoms with Gasteiger partial charge in [-0.1, -0.05) is 79.4 Å². The predicted octanol–water partition coefficient (Wildman–Crippen LogP) is 6.34. The zero-order valence-electron chi connectivity index (χ0n) is 11.6. The van der Waals surface area contributed by atoms with E-state index < -0.39 is 0 Å². The summed E-state index contributed by atoms with van der Waals surface area (Å²) in [5.41, 5.74) is 2.17. The van der Waals surface area contributed by atoms with E-state index in [1.165, 1.54) is 18.4 Å². The Bertz CT molecular complexity index is 540. The van der Waals surface area contributed by atoms with E-state index in [9.17, 15) is 0 Å². The van der Waals surface area contributed by atoms with Crippen molar-refractivity contribution >= 4 is 28.9 Å². The highest BCUT2D eigenvalue weighted by molar-refractivity contribution is 6.43. The Morgan fingerprint density at radius 1 is 1.00 bits per heavy atom. The zero-order chi connectivity index (χ0) is 14.4. The minimum atomic E-state index is 0.257. The topological polar surface area (TPSA) is 12.0 Å². The van der Waals surface area contributed by atoms with Gasteiger partial charge in [-0.05, 0) is 24.1 Å². The molecule has 2 aromatic carbocycles. The molecule has 0 amide bonds. The Labute approximate surface area is 130 Å². The van der Waals surface area contributed by atoms with E-state index in [2.05, 4.69) is 36.5 Å². The number of halogens is 2. The van der Waals surface area contributed by atoms with Crippen LogP contribution in [-0.2, 0) is 0 Å². The third kappa shape index (κ3) is 3.91. The lowest BCUT2D eigenvalue weighted by atomic mass is 10.0. The molecule has 106 valence electrons. The van der Waals surface area contributed by atoms with Gasteiger partial charge in [-0.25, -0.2) is 0 Å². The van der Waals surface area contributed by atoms with Crippen LogP contribution in [0.4, 0.5) is 5.69 Å². The molecule has 3 heteroatoms. The second-order valence-electron chi connectivity index (χ2n) is 4.85. The second-order valence-corrected chi connectivity index (χ2v) is 5.64. The van der Waals surface area contributed by atoms with Gasteiger partial charge in [0, 0.05) is 0 Å². The molecule has 0 saturated heterocycles. The van der Waals surface area contributed by atoms with Gasteiger partial charge in [0.15, 0.2) is 0 Å². The number of anilines is 1. The standard InChI is InChI=1S/C17H19Cl2N/c1-2-3-11-15(13-8-5-4-6-9-13)20-16-12-7-10-14(18)17(16)19/h4-10,12,15,20H,2-3,11H2,1H3. The van der Waals surface area contributed by atoms with Crippen LogP contribution < -0.4 is 5.32 Å². The van der Waals surface area contributed by atoms with E-state index >= 15 is 0 Å². The molecule has 0 aliphatic carbocycles. The van der Waals surface area contributed by atoms with Gasteiger partial charge < -0.3 is 5.32 Å². The molecule has 1 N–H and O–H groups in total. The monoisotopic (exact) mass is 307 g/mol. The lowest BCUT2D eigenvalue weighted by Crippen LogP contribution is -2.11. The number of benzene rings is 2. The van der Waals surface area contributed by atoms with Gasteiger partial charge in [0.1, 0.15) is 0 Å². The SMILES string of the molecule is CCCCC(Nc1cccc(Cl)c1Cl)c1ccccc1. The molecular weight excluding hydrogens is 289 g/mol. The van der Waals surface area contributed by atoms with E-state index in [1.54, 1.807) is 6.07 Å². The molecule has 0 aliphatic heterocycles. The summed E-state index contributed by atoms with van der Waals surface area (Å²) in [7, 11) is 0. The fourth-order valence-corrected chi connectivity index (χ4v) is 2.57. The summed E-state index contributed by atoms with van der Waals surface area (Å²) in [4.78, 5) is 0. The van der Waals surface area contributed by atoms with Crippen LogP contribution in [0.5, 0.6) is 0 Å². The van der Waals surface area contributed by atoms with Crippen molar-refractivity contribution in [2.24, 2.45) is 0 Å². The van der Waals surface area contributed by atoms with Gasteiger partial charge >= 0.3 is 0 Å². The molecule has 0 saturated carbocycles. The molecule has 0 heterocycles. The second kappa shape index (κ2) is 7.56. The van der Waals surface area contributed by atoms with Crippen LogP contribution in [0.25, 0.3) is 0 Å². The lowest BCUT2D eigenvalue weighted by molar-refractivity contribution is 0.634. The zero-order valence-corrected chi connectivity index (χ0v) is 13.1. The van der Waals surface area contributed by atoms with E-state index in [1.807, 2.05) is 18.2 Å².